The largest absolute Gasteiger partial charge is 0.477 e. The molecule has 1 aromatic heterocycles. The molecule has 1 aliphatic carbocycles. The maximum absolute atomic E-state index is 12.1. The zero-order valence-electron chi connectivity index (χ0n) is 11.2. The minimum Gasteiger partial charge on any atom is -0.477 e. The number of fused-ring (bicyclic) bond motifs is 1. The molecular formula is C16H14N2O3. The number of hydrogen-bond acceptors (Lipinski definition) is 3. The second kappa shape index (κ2) is 5.36. The molecule has 0 aliphatic heterocycles. The number of aromatic nitrogens is 1. The van der Waals surface area contributed by atoms with Crippen LogP contribution in [0.2, 0.25) is 0 Å². The summed E-state index contributed by atoms with van der Waals surface area (Å²) >= 11 is 0. The van der Waals surface area contributed by atoms with Crippen molar-refractivity contribution in [2.24, 2.45) is 0 Å². The number of carbonyl (C=O) groups excluding carboxylic acids is 1. The summed E-state index contributed by atoms with van der Waals surface area (Å²) < 4.78 is 0. The summed E-state index contributed by atoms with van der Waals surface area (Å²) in [6, 6.07) is 11.0. The third-order valence-electron chi connectivity index (χ3n) is 3.63. The van der Waals surface area contributed by atoms with Gasteiger partial charge in [0, 0.05) is 12.2 Å². The number of carboxylic acid groups (broad SMARTS) is 1. The molecule has 1 heterocycles. The molecule has 5 heteroatoms. The van der Waals surface area contributed by atoms with Crippen LogP contribution in [0.15, 0.2) is 42.6 Å². The fourth-order valence-corrected chi connectivity index (χ4v) is 2.58. The van der Waals surface area contributed by atoms with Gasteiger partial charge in [-0.3, -0.25) is 4.79 Å². The van der Waals surface area contributed by atoms with E-state index in [4.69, 9.17) is 5.11 Å². The highest BCUT2D eigenvalue weighted by Crippen LogP contribution is 2.21. The van der Waals surface area contributed by atoms with Crippen LogP contribution in [-0.4, -0.2) is 28.0 Å². The van der Waals surface area contributed by atoms with Crippen molar-refractivity contribution in [1.29, 1.82) is 0 Å². The van der Waals surface area contributed by atoms with Crippen molar-refractivity contribution in [3.05, 3.63) is 65.0 Å². The summed E-state index contributed by atoms with van der Waals surface area (Å²) in [5, 5.41) is 11.7. The van der Waals surface area contributed by atoms with Gasteiger partial charge in [-0.2, -0.15) is 0 Å². The van der Waals surface area contributed by atoms with Crippen LogP contribution in [0.1, 0.15) is 32.0 Å². The van der Waals surface area contributed by atoms with Gasteiger partial charge in [-0.15, -0.1) is 0 Å². The maximum atomic E-state index is 12.1. The summed E-state index contributed by atoms with van der Waals surface area (Å²) in [4.78, 5) is 26.6. The third-order valence-corrected chi connectivity index (χ3v) is 3.63. The van der Waals surface area contributed by atoms with E-state index >= 15 is 0 Å². The van der Waals surface area contributed by atoms with Crippen molar-refractivity contribution in [3.8, 4) is 0 Å². The number of nitrogens with one attached hydrogen (secondary N) is 1. The molecule has 2 aromatic rings. The number of benzene rings is 1. The van der Waals surface area contributed by atoms with E-state index in [1.807, 2.05) is 12.1 Å². The first-order chi connectivity index (χ1) is 10.1. The van der Waals surface area contributed by atoms with Gasteiger partial charge in [-0.05, 0) is 36.1 Å². The van der Waals surface area contributed by atoms with Crippen molar-refractivity contribution in [2.75, 3.05) is 0 Å². The number of aromatic carboxylic acids is 1. The Morgan fingerprint density at radius 1 is 1.10 bits per heavy atom. The minimum absolute atomic E-state index is 0.0696. The second-order valence-electron chi connectivity index (χ2n) is 5.08. The van der Waals surface area contributed by atoms with Gasteiger partial charge >= 0.3 is 5.97 Å². The summed E-state index contributed by atoms with van der Waals surface area (Å²) in [5.74, 6) is -1.33. The molecule has 3 rings (SSSR count). The van der Waals surface area contributed by atoms with Crippen LogP contribution in [0.4, 0.5) is 0 Å². The molecule has 21 heavy (non-hydrogen) atoms. The van der Waals surface area contributed by atoms with Gasteiger partial charge in [0.25, 0.3) is 5.91 Å². The topological polar surface area (TPSA) is 79.3 Å². The van der Waals surface area contributed by atoms with E-state index in [-0.39, 0.29) is 17.6 Å². The van der Waals surface area contributed by atoms with Crippen LogP contribution in [0, 0.1) is 0 Å². The number of amides is 1. The number of pyridine rings is 1. The number of carboxylic acids is 1. The molecule has 0 radical (unpaired) electrons. The van der Waals surface area contributed by atoms with E-state index in [1.165, 1.54) is 29.5 Å². The lowest BCUT2D eigenvalue weighted by molar-refractivity contribution is 0.0689. The van der Waals surface area contributed by atoms with Gasteiger partial charge in [0.2, 0.25) is 0 Å². The Labute approximate surface area is 121 Å². The third kappa shape index (κ3) is 2.76. The standard InChI is InChI=1S/C16H14N2O3/c19-15(12-5-6-14(16(20)21)17-9-12)18-13-7-10-3-1-2-4-11(10)8-13/h1-6,9,13H,7-8H2,(H,18,19)(H,20,21). The van der Waals surface area contributed by atoms with Crippen molar-refractivity contribution in [3.63, 3.8) is 0 Å². The molecule has 0 atom stereocenters. The van der Waals surface area contributed by atoms with Gasteiger partial charge in [0.15, 0.2) is 0 Å². The molecule has 2 N–H and O–H groups in total. The van der Waals surface area contributed by atoms with Gasteiger partial charge in [0.05, 0.1) is 5.56 Å². The Morgan fingerprint density at radius 3 is 2.29 bits per heavy atom. The average Bonchev–Trinajstić information content (AvgIpc) is 2.89. The number of nitrogens with zero attached hydrogens (tertiary/aromatic N) is 1. The predicted octanol–water partition coefficient (Wildman–Crippen LogP) is 1.68. The van der Waals surface area contributed by atoms with E-state index in [1.54, 1.807) is 0 Å². The van der Waals surface area contributed by atoms with Crippen LogP contribution in [0.3, 0.4) is 0 Å². The molecule has 1 aromatic carbocycles. The predicted molar refractivity (Wildman–Crippen MR) is 76.3 cm³/mol. The van der Waals surface area contributed by atoms with E-state index in [9.17, 15) is 9.59 Å². The normalized spacial score (nSPS) is 13.7. The lowest BCUT2D eigenvalue weighted by Crippen LogP contribution is -2.35. The fraction of sp³-hybridized carbons (Fsp3) is 0.188. The highest BCUT2D eigenvalue weighted by molar-refractivity contribution is 5.95. The van der Waals surface area contributed by atoms with E-state index in [2.05, 4.69) is 22.4 Å². The van der Waals surface area contributed by atoms with Crippen molar-refractivity contribution in [1.82, 2.24) is 10.3 Å². The molecule has 0 saturated heterocycles. The smallest absolute Gasteiger partial charge is 0.354 e. The first-order valence-electron chi connectivity index (χ1n) is 6.70. The SMILES string of the molecule is O=C(NC1Cc2ccccc2C1)c1ccc(C(=O)O)nc1. The highest BCUT2D eigenvalue weighted by atomic mass is 16.4. The van der Waals surface area contributed by atoms with E-state index < -0.39 is 5.97 Å². The zero-order valence-corrected chi connectivity index (χ0v) is 11.2. The number of rotatable bonds is 3. The van der Waals surface area contributed by atoms with Gasteiger partial charge < -0.3 is 10.4 Å². The van der Waals surface area contributed by atoms with Crippen LogP contribution in [-0.2, 0) is 12.8 Å². The molecule has 0 unspecified atom stereocenters. The van der Waals surface area contributed by atoms with Crippen LogP contribution in [0.5, 0.6) is 0 Å². The lowest BCUT2D eigenvalue weighted by Gasteiger charge is -2.11. The van der Waals surface area contributed by atoms with Gasteiger partial charge in [-0.25, -0.2) is 9.78 Å². The Balaban J connectivity index is 1.66. The van der Waals surface area contributed by atoms with Crippen molar-refractivity contribution >= 4 is 11.9 Å². The monoisotopic (exact) mass is 282 g/mol. The molecule has 1 amide bonds. The number of hydrogen-bond donors (Lipinski definition) is 2. The van der Waals surface area contributed by atoms with Crippen molar-refractivity contribution in [2.45, 2.75) is 18.9 Å². The maximum Gasteiger partial charge on any atom is 0.354 e. The van der Waals surface area contributed by atoms with Gasteiger partial charge in [-0.1, -0.05) is 24.3 Å². The van der Waals surface area contributed by atoms with Gasteiger partial charge in [0.1, 0.15) is 5.69 Å². The minimum atomic E-state index is -1.10. The molecule has 106 valence electrons. The van der Waals surface area contributed by atoms with Crippen molar-refractivity contribution < 1.29 is 14.7 Å². The highest BCUT2D eigenvalue weighted by Gasteiger charge is 2.22. The first-order valence-corrected chi connectivity index (χ1v) is 6.70. The Hall–Kier alpha value is -2.69. The average molecular weight is 282 g/mol. The zero-order chi connectivity index (χ0) is 14.8. The molecule has 0 spiro atoms. The first kappa shape index (κ1) is 13.3. The molecule has 1 aliphatic rings. The molecule has 0 saturated carbocycles. The van der Waals surface area contributed by atoms with Crippen LogP contribution < -0.4 is 5.32 Å². The quantitative estimate of drug-likeness (QED) is 0.897. The molecule has 5 nitrogen and oxygen atoms in total. The molecular weight excluding hydrogens is 268 g/mol. The summed E-state index contributed by atoms with van der Waals surface area (Å²) in [5.41, 5.74) is 2.83. The summed E-state index contributed by atoms with van der Waals surface area (Å²) in [6.07, 6.45) is 2.94. The van der Waals surface area contributed by atoms with Crippen LogP contribution >= 0.6 is 0 Å². The van der Waals surface area contributed by atoms with E-state index in [0.29, 0.717) is 5.56 Å². The second-order valence-corrected chi connectivity index (χ2v) is 5.08. The van der Waals surface area contributed by atoms with E-state index in [0.717, 1.165) is 12.8 Å². The number of carbonyl (C=O) groups is 2. The Morgan fingerprint density at radius 2 is 1.76 bits per heavy atom. The summed E-state index contributed by atoms with van der Waals surface area (Å²) in [7, 11) is 0. The van der Waals surface area contributed by atoms with Crippen LogP contribution in [0.25, 0.3) is 0 Å². The molecule has 0 fully saturated rings. The Bertz CT molecular complexity index is 670. The fourth-order valence-electron chi connectivity index (χ4n) is 2.58. The molecule has 0 bridgehead atoms. The lowest BCUT2D eigenvalue weighted by atomic mass is 10.1. The summed E-state index contributed by atoms with van der Waals surface area (Å²) in [6.45, 7) is 0. The Kier molecular flexibility index (Phi) is 3.39.